The zero-order valence-corrected chi connectivity index (χ0v) is 14.1. The van der Waals surface area contributed by atoms with Crippen LogP contribution in [0.15, 0.2) is 47.5 Å². The highest BCUT2D eigenvalue weighted by atomic mass is 16.2. The summed E-state index contributed by atoms with van der Waals surface area (Å²) in [5, 5.41) is 0. The number of piperidine rings is 1. The van der Waals surface area contributed by atoms with Crippen molar-refractivity contribution in [2.75, 3.05) is 25.0 Å². The Morgan fingerprint density at radius 1 is 1.29 bits per heavy atom. The normalized spacial score (nSPS) is 17.6. The van der Waals surface area contributed by atoms with Gasteiger partial charge in [0.15, 0.2) is 0 Å². The molecule has 6 heteroatoms. The van der Waals surface area contributed by atoms with E-state index in [1.54, 1.807) is 30.4 Å². The van der Waals surface area contributed by atoms with E-state index in [-0.39, 0.29) is 17.5 Å². The Bertz CT molecular complexity index is 772. The molecule has 0 N–H and O–H groups in total. The first-order chi connectivity index (χ1) is 11.6. The summed E-state index contributed by atoms with van der Waals surface area (Å²) in [7, 11) is 3.49. The zero-order chi connectivity index (χ0) is 17.1. The Kier molecular flexibility index (Phi) is 4.64. The number of hydrogen-bond donors (Lipinski definition) is 0. The molecule has 24 heavy (non-hydrogen) atoms. The fourth-order valence-electron chi connectivity index (χ4n) is 3.11. The number of amides is 1. The molecule has 2 aromatic heterocycles. The molecular weight excluding hydrogens is 304 g/mol. The van der Waals surface area contributed by atoms with E-state index in [0.29, 0.717) is 5.56 Å². The lowest BCUT2D eigenvalue weighted by atomic mass is 10.0. The van der Waals surface area contributed by atoms with Crippen molar-refractivity contribution >= 4 is 11.7 Å². The summed E-state index contributed by atoms with van der Waals surface area (Å²) in [6.07, 6.45) is 5.38. The largest absolute Gasteiger partial charge is 0.355 e. The molecule has 0 aromatic carbocycles. The van der Waals surface area contributed by atoms with Gasteiger partial charge in [0, 0.05) is 51.7 Å². The van der Waals surface area contributed by atoms with Gasteiger partial charge < -0.3 is 14.4 Å². The number of carbonyl (C=O) groups is 1. The molecule has 0 spiro atoms. The first-order valence-corrected chi connectivity index (χ1v) is 8.16. The molecule has 6 nitrogen and oxygen atoms in total. The van der Waals surface area contributed by atoms with Crippen LogP contribution in [0.3, 0.4) is 0 Å². The van der Waals surface area contributed by atoms with Crippen LogP contribution in [0, 0.1) is 0 Å². The Morgan fingerprint density at radius 3 is 2.83 bits per heavy atom. The van der Waals surface area contributed by atoms with Gasteiger partial charge in [-0.3, -0.25) is 9.59 Å². The molecule has 3 rings (SSSR count). The van der Waals surface area contributed by atoms with Crippen molar-refractivity contribution in [3.05, 3.63) is 58.6 Å². The Hall–Kier alpha value is -2.63. The van der Waals surface area contributed by atoms with Crippen molar-refractivity contribution in [3.8, 4) is 0 Å². The van der Waals surface area contributed by atoms with Crippen LogP contribution >= 0.6 is 0 Å². The number of rotatable bonds is 3. The number of likely N-dealkylation sites (N-methyl/N-ethyl adjacent to an activating group) is 1. The maximum atomic E-state index is 12.7. The van der Waals surface area contributed by atoms with Crippen molar-refractivity contribution in [2.45, 2.75) is 18.9 Å². The fourth-order valence-corrected chi connectivity index (χ4v) is 3.11. The van der Waals surface area contributed by atoms with Gasteiger partial charge in [0.05, 0.1) is 5.56 Å². The van der Waals surface area contributed by atoms with Gasteiger partial charge >= 0.3 is 0 Å². The van der Waals surface area contributed by atoms with Crippen LogP contribution in [0.1, 0.15) is 23.2 Å². The van der Waals surface area contributed by atoms with Crippen LogP contribution in [-0.4, -0.2) is 46.5 Å². The topological polar surface area (TPSA) is 58.4 Å². The van der Waals surface area contributed by atoms with E-state index in [4.69, 9.17) is 0 Å². The lowest BCUT2D eigenvalue weighted by molar-refractivity contribution is 0.0716. The summed E-state index contributed by atoms with van der Waals surface area (Å²) in [6.45, 7) is 1.72. The number of hydrogen-bond acceptors (Lipinski definition) is 4. The maximum Gasteiger partial charge on any atom is 0.255 e. The highest BCUT2D eigenvalue weighted by molar-refractivity contribution is 5.94. The summed E-state index contributed by atoms with van der Waals surface area (Å²) in [4.78, 5) is 32.6. The third-order valence-corrected chi connectivity index (χ3v) is 4.57. The lowest BCUT2D eigenvalue weighted by Gasteiger charge is -2.38. The van der Waals surface area contributed by atoms with E-state index < -0.39 is 0 Å². The minimum atomic E-state index is -0.117. The van der Waals surface area contributed by atoms with Gasteiger partial charge in [-0.2, -0.15) is 0 Å². The number of anilines is 1. The molecule has 1 amide bonds. The minimum absolute atomic E-state index is 0.0570. The van der Waals surface area contributed by atoms with E-state index in [2.05, 4.69) is 9.88 Å². The van der Waals surface area contributed by atoms with Crippen molar-refractivity contribution in [3.63, 3.8) is 0 Å². The first kappa shape index (κ1) is 16.2. The molecule has 0 saturated carbocycles. The van der Waals surface area contributed by atoms with Crippen LogP contribution in [-0.2, 0) is 7.05 Å². The standard InChI is InChI=1S/C18H22N4O2/c1-20-12-14(8-9-17(20)23)18(24)21(2)15-6-5-11-22(13-15)16-7-3-4-10-19-16/h3-4,7-10,12,15H,5-6,11,13H2,1-2H3/t15-/m1/s1. The zero-order valence-electron chi connectivity index (χ0n) is 14.1. The van der Waals surface area contributed by atoms with Gasteiger partial charge in [-0.25, -0.2) is 4.98 Å². The molecule has 0 unspecified atom stereocenters. The molecule has 126 valence electrons. The predicted octanol–water partition coefficient (Wildman–Crippen LogP) is 1.52. The van der Waals surface area contributed by atoms with Gasteiger partial charge in [-0.15, -0.1) is 0 Å². The minimum Gasteiger partial charge on any atom is -0.355 e. The molecule has 2 aromatic rings. The van der Waals surface area contributed by atoms with Crippen LogP contribution in [0.2, 0.25) is 0 Å². The third kappa shape index (κ3) is 3.32. The SMILES string of the molecule is CN(C(=O)c1ccc(=O)n(C)c1)[C@@H]1CCCN(c2ccccn2)C1. The third-order valence-electron chi connectivity index (χ3n) is 4.57. The average molecular weight is 326 g/mol. The second kappa shape index (κ2) is 6.86. The number of aryl methyl sites for hydroxylation is 1. The van der Waals surface area contributed by atoms with Crippen molar-refractivity contribution in [1.82, 2.24) is 14.5 Å². The molecule has 0 radical (unpaired) electrons. The summed E-state index contributed by atoms with van der Waals surface area (Å²) >= 11 is 0. The number of carbonyl (C=O) groups excluding carboxylic acids is 1. The molecule has 0 bridgehead atoms. The maximum absolute atomic E-state index is 12.7. The Labute approximate surface area is 141 Å². The van der Waals surface area contributed by atoms with Crippen LogP contribution < -0.4 is 10.5 Å². The summed E-state index contributed by atoms with van der Waals surface area (Å²) in [5.41, 5.74) is 0.419. The second-order valence-electron chi connectivity index (χ2n) is 6.21. The Balaban J connectivity index is 1.74. The highest BCUT2D eigenvalue weighted by Gasteiger charge is 2.27. The fraction of sp³-hybridized carbons (Fsp3) is 0.389. The molecule has 1 aliphatic heterocycles. The average Bonchev–Trinajstić information content (AvgIpc) is 2.63. The molecular formula is C18H22N4O2. The first-order valence-electron chi connectivity index (χ1n) is 8.16. The Morgan fingerprint density at radius 2 is 2.12 bits per heavy atom. The van der Waals surface area contributed by atoms with E-state index in [9.17, 15) is 9.59 Å². The quantitative estimate of drug-likeness (QED) is 0.858. The van der Waals surface area contributed by atoms with Crippen molar-refractivity contribution in [1.29, 1.82) is 0 Å². The summed E-state index contributed by atoms with van der Waals surface area (Å²) in [5.74, 6) is 0.892. The lowest BCUT2D eigenvalue weighted by Crippen LogP contribution is -2.49. The van der Waals surface area contributed by atoms with E-state index in [0.717, 1.165) is 31.7 Å². The smallest absolute Gasteiger partial charge is 0.255 e. The molecule has 1 atom stereocenters. The number of aromatic nitrogens is 2. The predicted molar refractivity (Wildman–Crippen MR) is 93.2 cm³/mol. The van der Waals surface area contributed by atoms with Gasteiger partial charge in [0.2, 0.25) is 5.56 Å². The summed E-state index contributed by atoms with van der Waals surface area (Å²) in [6, 6.07) is 9.04. The second-order valence-corrected chi connectivity index (χ2v) is 6.21. The van der Waals surface area contributed by atoms with Gasteiger partial charge in [-0.05, 0) is 31.0 Å². The number of nitrogens with zero attached hydrogens (tertiary/aromatic N) is 4. The molecule has 3 heterocycles. The van der Waals surface area contributed by atoms with E-state index in [1.807, 2.05) is 25.2 Å². The highest BCUT2D eigenvalue weighted by Crippen LogP contribution is 2.21. The van der Waals surface area contributed by atoms with Crippen LogP contribution in [0.25, 0.3) is 0 Å². The van der Waals surface area contributed by atoms with Crippen LogP contribution in [0.5, 0.6) is 0 Å². The van der Waals surface area contributed by atoms with E-state index in [1.165, 1.54) is 10.6 Å². The van der Waals surface area contributed by atoms with E-state index >= 15 is 0 Å². The number of pyridine rings is 2. The van der Waals surface area contributed by atoms with Crippen LogP contribution in [0.4, 0.5) is 5.82 Å². The molecule has 1 fully saturated rings. The molecule has 1 aliphatic rings. The summed E-state index contributed by atoms with van der Waals surface area (Å²) < 4.78 is 1.43. The molecule has 0 aliphatic carbocycles. The van der Waals surface area contributed by atoms with Gasteiger partial charge in [0.1, 0.15) is 5.82 Å². The van der Waals surface area contributed by atoms with Gasteiger partial charge in [-0.1, -0.05) is 6.07 Å². The van der Waals surface area contributed by atoms with Gasteiger partial charge in [0.25, 0.3) is 5.91 Å². The molecule has 1 saturated heterocycles. The monoisotopic (exact) mass is 326 g/mol. The van der Waals surface area contributed by atoms with Crippen molar-refractivity contribution < 1.29 is 4.79 Å². The van der Waals surface area contributed by atoms with Crippen molar-refractivity contribution in [2.24, 2.45) is 7.05 Å².